The minimum absolute atomic E-state index is 0.0893. The van der Waals surface area contributed by atoms with Crippen molar-refractivity contribution in [3.05, 3.63) is 41.3 Å². The Bertz CT molecular complexity index is 674. The zero-order valence-electron chi connectivity index (χ0n) is 11.3. The van der Waals surface area contributed by atoms with Gasteiger partial charge in [0.15, 0.2) is 0 Å². The van der Waals surface area contributed by atoms with Gasteiger partial charge in [0.25, 0.3) is 0 Å². The molecule has 2 N–H and O–H groups in total. The number of aryl methyl sites for hydroxylation is 1. The van der Waals surface area contributed by atoms with Gasteiger partial charge in [-0.2, -0.15) is 5.10 Å². The first-order valence-electron chi connectivity index (χ1n) is 6.67. The molecular formula is C15H16FN3O. The van der Waals surface area contributed by atoms with Crippen LogP contribution in [0.4, 0.5) is 4.39 Å². The summed E-state index contributed by atoms with van der Waals surface area (Å²) in [6, 6.07) is 6.89. The van der Waals surface area contributed by atoms with Gasteiger partial charge in [0.1, 0.15) is 12.4 Å². The molecule has 1 aromatic heterocycles. The maximum absolute atomic E-state index is 13.3. The highest BCUT2D eigenvalue weighted by atomic mass is 19.1. The number of hydrogen-bond donors (Lipinski definition) is 1. The molecule has 1 aliphatic carbocycles. The lowest BCUT2D eigenvalue weighted by Crippen LogP contribution is -2.20. The Balaban J connectivity index is 2.00. The first kappa shape index (κ1) is 12.8. The third kappa shape index (κ3) is 2.43. The van der Waals surface area contributed by atoms with Gasteiger partial charge in [0.2, 0.25) is 5.91 Å². The molecule has 0 aliphatic heterocycles. The van der Waals surface area contributed by atoms with Crippen LogP contribution < -0.4 is 5.73 Å². The summed E-state index contributed by atoms with van der Waals surface area (Å²) in [5.74, 6) is -0.165. The Kier molecular flexibility index (Phi) is 3.04. The van der Waals surface area contributed by atoms with Crippen LogP contribution in [0.1, 0.15) is 30.0 Å². The first-order chi connectivity index (χ1) is 9.54. The number of rotatable bonds is 4. The van der Waals surface area contributed by atoms with E-state index in [4.69, 9.17) is 5.73 Å². The first-order valence-corrected chi connectivity index (χ1v) is 6.67. The van der Waals surface area contributed by atoms with E-state index in [2.05, 4.69) is 5.10 Å². The fourth-order valence-electron chi connectivity index (χ4n) is 2.36. The van der Waals surface area contributed by atoms with Crippen LogP contribution in [0.2, 0.25) is 0 Å². The molecule has 2 aromatic rings. The fraction of sp³-hybridized carbons (Fsp3) is 0.333. The molecule has 104 valence electrons. The molecule has 5 heteroatoms. The van der Waals surface area contributed by atoms with E-state index in [0.717, 1.165) is 29.8 Å². The van der Waals surface area contributed by atoms with Crippen molar-refractivity contribution in [1.29, 1.82) is 0 Å². The fourth-order valence-corrected chi connectivity index (χ4v) is 2.36. The van der Waals surface area contributed by atoms with E-state index in [0.29, 0.717) is 11.5 Å². The predicted molar refractivity (Wildman–Crippen MR) is 73.5 cm³/mol. The summed E-state index contributed by atoms with van der Waals surface area (Å²) in [5, 5.41) is 4.45. The number of carbonyl (C=O) groups excluding carboxylic acids is 1. The average molecular weight is 273 g/mol. The molecule has 0 radical (unpaired) electrons. The van der Waals surface area contributed by atoms with Gasteiger partial charge in [-0.05, 0) is 49.6 Å². The average Bonchev–Trinajstić information content (AvgIpc) is 3.14. The third-order valence-corrected chi connectivity index (χ3v) is 3.57. The highest BCUT2D eigenvalue weighted by Crippen LogP contribution is 2.41. The third-order valence-electron chi connectivity index (χ3n) is 3.57. The molecular weight excluding hydrogens is 257 g/mol. The van der Waals surface area contributed by atoms with E-state index in [9.17, 15) is 9.18 Å². The predicted octanol–water partition coefficient (Wildman–Crippen LogP) is 2.36. The number of halogens is 1. The van der Waals surface area contributed by atoms with E-state index in [1.54, 1.807) is 23.7 Å². The molecule has 0 unspecified atom stereocenters. The van der Waals surface area contributed by atoms with E-state index in [1.165, 1.54) is 6.07 Å². The molecule has 3 rings (SSSR count). The Morgan fingerprint density at radius 1 is 1.45 bits per heavy atom. The van der Waals surface area contributed by atoms with E-state index >= 15 is 0 Å². The summed E-state index contributed by atoms with van der Waals surface area (Å²) >= 11 is 0. The molecule has 1 heterocycles. The van der Waals surface area contributed by atoms with Gasteiger partial charge in [0.05, 0.1) is 5.69 Å². The van der Waals surface area contributed by atoms with Gasteiger partial charge >= 0.3 is 0 Å². The van der Waals surface area contributed by atoms with Gasteiger partial charge in [0, 0.05) is 17.2 Å². The maximum atomic E-state index is 13.3. The molecule has 1 aromatic carbocycles. The van der Waals surface area contributed by atoms with E-state index in [-0.39, 0.29) is 12.4 Å². The number of hydrogen-bond acceptors (Lipinski definition) is 2. The molecule has 1 saturated carbocycles. The molecule has 4 nitrogen and oxygen atoms in total. The Hall–Kier alpha value is -2.17. The Labute approximate surface area is 116 Å². The van der Waals surface area contributed by atoms with Crippen molar-refractivity contribution < 1.29 is 9.18 Å². The lowest BCUT2D eigenvalue weighted by atomic mass is 10.1. The monoisotopic (exact) mass is 273 g/mol. The SMILES string of the molecule is Cc1cc(-c2cc(C3CC3)n(CC(N)=O)n2)ccc1F. The van der Waals surface area contributed by atoms with Crippen LogP contribution in [-0.2, 0) is 11.3 Å². The van der Waals surface area contributed by atoms with Gasteiger partial charge in [-0.15, -0.1) is 0 Å². The molecule has 0 spiro atoms. The van der Waals surface area contributed by atoms with Crippen molar-refractivity contribution >= 4 is 5.91 Å². The largest absolute Gasteiger partial charge is 0.368 e. The zero-order chi connectivity index (χ0) is 14.3. The number of aromatic nitrogens is 2. The van der Waals surface area contributed by atoms with Crippen molar-refractivity contribution in [3.63, 3.8) is 0 Å². The Morgan fingerprint density at radius 2 is 2.20 bits per heavy atom. The summed E-state index contributed by atoms with van der Waals surface area (Å²) in [4.78, 5) is 11.1. The van der Waals surface area contributed by atoms with Crippen molar-refractivity contribution in [2.24, 2.45) is 5.73 Å². The molecule has 0 atom stereocenters. The summed E-state index contributed by atoms with van der Waals surface area (Å²) in [6.07, 6.45) is 2.23. The van der Waals surface area contributed by atoms with Crippen LogP contribution in [0.3, 0.4) is 0 Å². The lowest BCUT2D eigenvalue weighted by molar-refractivity contribution is -0.118. The van der Waals surface area contributed by atoms with Gasteiger partial charge in [-0.3, -0.25) is 9.48 Å². The summed E-state index contributed by atoms with van der Waals surface area (Å²) in [6.45, 7) is 1.81. The normalized spacial score (nSPS) is 14.5. The number of carbonyl (C=O) groups is 1. The van der Waals surface area contributed by atoms with Crippen molar-refractivity contribution in [2.75, 3.05) is 0 Å². The van der Waals surface area contributed by atoms with Crippen LogP contribution in [0.5, 0.6) is 0 Å². The number of nitrogens with zero attached hydrogens (tertiary/aromatic N) is 2. The van der Waals surface area contributed by atoms with Gasteiger partial charge in [-0.25, -0.2) is 4.39 Å². The molecule has 20 heavy (non-hydrogen) atoms. The van der Waals surface area contributed by atoms with Crippen LogP contribution in [0, 0.1) is 12.7 Å². The summed E-state index contributed by atoms with van der Waals surface area (Å²) in [7, 11) is 0. The second kappa shape index (κ2) is 4.74. The highest BCUT2D eigenvalue weighted by molar-refractivity contribution is 5.73. The number of nitrogens with two attached hydrogens (primary N) is 1. The second-order valence-corrected chi connectivity index (χ2v) is 5.32. The molecule has 1 aliphatic rings. The zero-order valence-corrected chi connectivity index (χ0v) is 11.3. The second-order valence-electron chi connectivity index (χ2n) is 5.32. The van der Waals surface area contributed by atoms with E-state index in [1.807, 2.05) is 6.07 Å². The van der Waals surface area contributed by atoms with Crippen LogP contribution in [-0.4, -0.2) is 15.7 Å². The van der Waals surface area contributed by atoms with Crippen molar-refractivity contribution in [2.45, 2.75) is 32.2 Å². The van der Waals surface area contributed by atoms with Crippen LogP contribution in [0.25, 0.3) is 11.3 Å². The van der Waals surface area contributed by atoms with Crippen molar-refractivity contribution in [1.82, 2.24) is 9.78 Å². The van der Waals surface area contributed by atoms with E-state index < -0.39 is 5.91 Å². The minimum Gasteiger partial charge on any atom is -0.368 e. The Morgan fingerprint density at radius 3 is 2.80 bits per heavy atom. The number of amides is 1. The quantitative estimate of drug-likeness (QED) is 0.929. The maximum Gasteiger partial charge on any atom is 0.239 e. The van der Waals surface area contributed by atoms with Crippen molar-refractivity contribution in [3.8, 4) is 11.3 Å². The molecule has 1 fully saturated rings. The smallest absolute Gasteiger partial charge is 0.239 e. The molecule has 0 saturated heterocycles. The number of primary amides is 1. The summed E-state index contributed by atoms with van der Waals surface area (Å²) < 4.78 is 15.0. The molecule has 0 bridgehead atoms. The van der Waals surface area contributed by atoms with Gasteiger partial charge in [-0.1, -0.05) is 0 Å². The highest BCUT2D eigenvalue weighted by Gasteiger charge is 2.28. The topological polar surface area (TPSA) is 60.9 Å². The summed E-state index contributed by atoms with van der Waals surface area (Å²) in [5.41, 5.74) is 8.50. The van der Waals surface area contributed by atoms with Crippen LogP contribution in [0.15, 0.2) is 24.3 Å². The molecule has 1 amide bonds. The standard InChI is InChI=1S/C15H16FN3O/c1-9-6-11(4-5-12(9)16)13-7-14(10-2-3-10)19(18-13)8-15(17)20/h4-7,10H,2-3,8H2,1H3,(H2,17,20). The minimum atomic E-state index is -0.406. The van der Waals surface area contributed by atoms with Gasteiger partial charge < -0.3 is 5.73 Å². The van der Waals surface area contributed by atoms with Crippen LogP contribution >= 0.6 is 0 Å². The number of benzene rings is 1. The lowest BCUT2D eigenvalue weighted by Gasteiger charge is -2.02.